The molecule has 0 spiro atoms. The van der Waals surface area contributed by atoms with Gasteiger partial charge in [0.2, 0.25) is 5.88 Å². The Labute approximate surface area is 93.6 Å². The van der Waals surface area contributed by atoms with Gasteiger partial charge >= 0.3 is 0 Å². The van der Waals surface area contributed by atoms with Crippen LogP contribution in [0, 0.1) is 11.3 Å². The molecule has 1 aromatic heterocycles. The molecule has 0 amide bonds. The van der Waals surface area contributed by atoms with Crippen molar-refractivity contribution in [1.82, 2.24) is 4.98 Å². The van der Waals surface area contributed by atoms with Gasteiger partial charge in [-0.15, -0.1) is 0 Å². The van der Waals surface area contributed by atoms with E-state index in [1.165, 1.54) is 6.20 Å². The van der Waals surface area contributed by atoms with Crippen LogP contribution in [0.25, 0.3) is 0 Å². The van der Waals surface area contributed by atoms with Gasteiger partial charge in [-0.25, -0.2) is 13.4 Å². The van der Waals surface area contributed by atoms with E-state index < -0.39 is 9.84 Å². The minimum Gasteiger partial charge on any atom is -0.472 e. The molecule has 0 aromatic carbocycles. The number of sulfone groups is 1. The summed E-state index contributed by atoms with van der Waals surface area (Å²) in [6.45, 7) is 0. The quantitative estimate of drug-likeness (QED) is 0.750. The van der Waals surface area contributed by atoms with Gasteiger partial charge < -0.3 is 4.74 Å². The summed E-state index contributed by atoms with van der Waals surface area (Å²) in [5.41, 5.74) is 0.326. The molecule has 0 N–H and O–H groups in total. The molecule has 1 atom stereocenters. The summed E-state index contributed by atoms with van der Waals surface area (Å²) < 4.78 is 27.9. The normalized spacial score (nSPS) is 22.6. The topological polar surface area (TPSA) is 80.0 Å². The summed E-state index contributed by atoms with van der Waals surface area (Å²) in [5, 5.41) is 8.81. The van der Waals surface area contributed by atoms with Crippen LogP contribution in [-0.4, -0.2) is 31.0 Å². The Morgan fingerprint density at radius 1 is 1.56 bits per heavy atom. The predicted molar refractivity (Wildman–Crippen MR) is 56.6 cm³/mol. The van der Waals surface area contributed by atoms with E-state index in [1.807, 2.05) is 6.07 Å². The first kappa shape index (κ1) is 10.9. The highest BCUT2D eigenvalue weighted by Gasteiger charge is 2.30. The summed E-state index contributed by atoms with van der Waals surface area (Å²) in [5.74, 6) is 0.369. The second-order valence-electron chi connectivity index (χ2n) is 3.61. The summed E-state index contributed by atoms with van der Waals surface area (Å²) in [6, 6.07) is 5.18. The molecule has 16 heavy (non-hydrogen) atoms. The van der Waals surface area contributed by atoms with Crippen molar-refractivity contribution in [2.75, 3.05) is 11.5 Å². The Morgan fingerprint density at radius 2 is 2.38 bits per heavy atom. The fourth-order valence-electron chi connectivity index (χ4n) is 1.58. The molecular weight excluding hydrogens is 228 g/mol. The molecule has 1 unspecified atom stereocenters. The molecule has 0 radical (unpaired) electrons. The molecule has 5 nitrogen and oxygen atoms in total. The van der Waals surface area contributed by atoms with E-state index >= 15 is 0 Å². The van der Waals surface area contributed by atoms with E-state index in [0.717, 1.165) is 0 Å². The number of rotatable bonds is 2. The van der Waals surface area contributed by atoms with Crippen molar-refractivity contribution in [1.29, 1.82) is 5.26 Å². The lowest BCUT2D eigenvalue weighted by Crippen LogP contribution is -2.18. The first-order valence-corrected chi connectivity index (χ1v) is 6.65. The van der Waals surface area contributed by atoms with Crippen LogP contribution in [0.5, 0.6) is 5.88 Å². The van der Waals surface area contributed by atoms with Gasteiger partial charge in [-0.1, -0.05) is 0 Å². The van der Waals surface area contributed by atoms with Crippen molar-refractivity contribution >= 4 is 9.84 Å². The SMILES string of the molecule is N#Cc1cccnc1OC1CCS(=O)(=O)C1. The van der Waals surface area contributed by atoms with Gasteiger partial charge in [-0.2, -0.15) is 5.26 Å². The van der Waals surface area contributed by atoms with Gasteiger partial charge in [-0.05, 0) is 18.6 Å². The van der Waals surface area contributed by atoms with E-state index in [-0.39, 0.29) is 23.5 Å². The van der Waals surface area contributed by atoms with Crippen LogP contribution in [0.3, 0.4) is 0 Å². The molecule has 1 aliphatic rings. The Hall–Kier alpha value is -1.61. The molecule has 0 aliphatic carbocycles. The highest BCUT2D eigenvalue weighted by atomic mass is 32.2. The third-order valence-corrected chi connectivity index (χ3v) is 4.10. The number of ether oxygens (including phenoxy) is 1. The fourth-order valence-corrected chi connectivity index (χ4v) is 3.17. The maximum atomic E-state index is 11.2. The standard InChI is InChI=1S/C10H10N2O3S/c11-6-8-2-1-4-12-10(8)15-9-3-5-16(13,14)7-9/h1-2,4,9H,3,5,7H2. The molecule has 6 heteroatoms. The maximum Gasteiger partial charge on any atom is 0.231 e. The molecule has 2 heterocycles. The molecule has 2 rings (SSSR count). The Morgan fingerprint density at radius 3 is 3.00 bits per heavy atom. The zero-order chi connectivity index (χ0) is 11.6. The lowest BCUT2D eigenvalue weighted by Gasteiger charge is -2.11. The van der Waals surface area contributed by atoms with Gasteiger partial charge in [-0.3, -0.25) is 0 Å². The van der Waals surface area contributed by atoms with Crippen LogP contribution < -0.4 is 4.74 Å². The lowest BCUT2D eigenvalue weighted by molar-refractivity contribution is 0.219. The van der Waals surface area contributed by atoms with Crippen molar-refractivity contribution in [3.05, 3.63) is 23.9 Å². The number of nitrogens with zero attached hydrogens (tertiary/aromatic N) is 2. The minimum atomic E-state index is -2.97. The largest absolute Gasteiger partial charge is 0.472 e. The van der Waals surface area contributed by atoms with Crippen molar-refractivity contribution in [2.45, 2.75) is 12.5 Å². The van der Waals surface area contributed by atoms with E-state index in [0.29, 0.717) is 12.0 Å². The number of hydrogen-bond acceptors (Lipinski definition) is 5. The van der Waals surface area contributed by atoms with Crippen LogP contribution >= 0.6 is 0 Å². The second-order valence-corrected chi connectivity index (χ2v) is 5.84. The Kier molecular flexibility index (Phi) is 2.79. The average Bonchev–Trinajstić information content (AvgIpc) is 2.59. The molecular formula is C10H10N2O3S. The second kappa shape index (κ2) is 4.10. The van der Waals surface area contributed by atoms with Crippen molar-refractivity contribution < 1.29 is 13.2 Å². The van der Waals surface area contributed by atoms with E-state index in [1.54, 1.807) is 12.1 Å². The highest BCUT2D eigenvalue weighted by molar-refractivity contribution is 7.91. The lowest BCUT2D eigenvalue weighted by atomic mass is 10.3. The number of nitriles is 1. The Balaban J connectivity index is 2.14. The van der Waals surface area contributed by atoms with Crippen molar-refractivity contribution in [3.63, 3.8) is 0 Å². The van der Waals surface area contributed by atoms with Gasteiger partial charge in [0.25, 0.3) is 0 Å². The zero-order valence-corrected chi connectivity index (χ0v) is 9.27. The maximum absolute atomic E-state index is 11.2. The van der Waals surface area contributed by atoms with Crippen LogP contribution in [0.15, 0.2) is 18.3 Å². The van der Waals surface area contributed by atoms with Gasteiger partial charge in [0.1, 0.15) is 17.7 Å². The van der Waals surface area contributed by atoms with Gasteiger partial charge in [0.05, 0.1) is 11.5 Å². The molecule has 1 aliphatic heterocycles. The first-order chi connectivity index (χ1) is 7.61. The van der Waals surface area contributed by atoms with Crippen molar-refractivity contribution in [3.8, 4) is 11.9 Å². The van der Waals surface area contributed by atoms with Gasteiger partial charge in [0, 0.05) is 6.20 Å². The van der Waals surface area contributed by atoms with E-state index in [4.69, 9.17) is 10.00 Å². The predicted octanol–water partition coefficient (Wildman–Crippen LogP) is 0.519. The van der Waals surface area contributed by atoms with Gasteiger partial charge in [0.15, 0.2) is 9.84 Å². The third-order valence-electron chi connectivity index (χ3n) is 2.36. The van der Waals surface area contributed by atoms with E-state index in [2.05, 4.69) is 4.98 Å². The average molecular weight is 238 g/mol. The summed E-state index contributed by atoms with van der Waals surface area (Å²) in [6.07, 6.45) is 1.59. The molecule has 1 fully saturated rings. The van der Waals surface area contributed by atoms with Crippen LogP contribution in [0.1, 0.15) is 12.0 Å². The monoisotopic (exact) mass is 238 g/mol. The van der Waals surface area contributed by atoms with Crippen molar-refractivity contribution in [2.24, 2.45) is 0 Å². The van der Waals surface area contributed by atoms with Crippen LogP contribution in [0.4, 0.5) is 0 Å². The first-order valence-electron chi connectivity index (χ1n) is 4.83. The van der Waals surface area contributed by atoms with Crippen LogP contribution in [-0.2, 0) is 9.84 Å². The smallest absolute Gasteiger partial charge is 0.231 e. The molecule has 0 bridgehead atoms. The van der Waals surface area contributed by atoms with E-state index in [9.17, 15) is 8.42 Å². The number of hydrogen-bond donors (Lipinski definition) is 0. The Bertz CT molecular complexity index is 533. The summed E-state index contributed by atoms with van der Waals surface area (Å²) in [7, 11) is -2.97. The summed E-state index contributed by atoms with van der Waals surface area (Å²) in [4.78, 5) is 3.92. The number of pyridine rings is 1. The van der Waals surface area contributed by atoms with Crippen LogP contribution in [0.2, 0.25) is 0 Å². The molecule has 1 aromatic rings. The molecule has 0 saturated carbocycles. The minimum absolute atomic E-state index is 0.00838. The zero-order valence-electron chi connectivity index (χ0n) is 8.46. The third kappa shape index (κ3) is 2.31. The molecule has 1 saturated heterocycles. The summed E-state index contributed by atoms with van der Waals surface area (Å²) >= 11 is 0. The fraction of sp³-hybridized carbons (Fsp3) is 0.400. The highest BCUT2D eigenvalue weighted by Crippen LogP contribution is 2.20. The molecule has 84 valence electrons. The number of aromatic nitrogens is 1.